The number of aliphatic hydroxyl groups excluding tert-OH is 1. The maximum Gasteiger partial charge on any atom is 0.0956 e. The van der Waals surface area contributed by atoms with Gasteiger partial charge in [-0.05, 0) is 25.1 Å². The minimum Gasteiger partial charge on any atom is -0.381 e. The second-order valence-electron chi connectivity index (χ2n) is 3.08. The summed E-state index contributed by atoms with van der Waals surface area (Å²) in [5, 5.41) is 8.81. The number of nitrogens with zero attached hydrogens (tertiary/aromatic N) is 1. The summed E-state index contributed by atoms with van der Waals surface area (Å²) in [5.41, 5.74) is 2.55. The van der Waals surface area contributed by atoms with Gasteiger partial charge in [0.15, 0.2) is 0 Å². The van der Waals surface area contributed by atoms with Crippen molar-refractivity contribution in [1.29, 1.82) is 0 Å². The van der Waals surface area contributed by atoms with E-state index in [0.717, 1.165) is 6.54 Å². The number of hydrogen-bond donors (Lipinski definition) is 1. The Hall–Kier alpha value is -0.860. The Bertz CT molecular complexity index is 247. The predicted octanol–water partition coefficient (Wildman–Crippen LogP) is 1.38. The van der Waals surface area contributed by atoms with Gasteiger partial charge in [0.1, 0.15) is 0 Å². The maximum atomic E-state index is 8.81. The van der Waals surface area contributed by atoms with Crippen LogP contribution >= 0.6 is 0 Å². The molecule has 0 amide bonds. The summed E-state index contributed by atoms with van der Waals surface area (Å²) in [7, 11) is 1.90. The molecule has 0 atom stereocenters. The molecule has 1 N–H and O–H groups in total. The first-order valence-corrected chi connectivity index (χ1v) is 4.08. The molecule has 0 radical (unpaired) electrons. The van der Waals surface area contributed by atoms with Crippen LogP contribution in [0.2, 0.25) is 0 Å². The summed E-state index contributed by atoms with van der Waals surface area (Å²) in [6.07, 6.45) is 0. The molecule has 12 heavy (non-hydrogen) atoms. The average Bonchev–Trinajstić information content (AvgIpc) is 2.09. The van der Waals surface area contributed by atoms with Gasteiger partial charge < -0.3 is 5.11 Å². The van der Waals surface area contributed by atoms with E-state index >= 15 is 0 Å². The third-order valence-corrected chi connectivity index (χ3v) is 1.94. The Morgan fingerprint density at radius 1 is 1.33 bits per heavy atom. The molecule has 1 rings (SSSR count). The van der Waals surface area contributed by atoms with Crippen LogP contribution in [0.4, 0.5) is 0 Å². The van der Waals surface area contributed by atoms with Crippen molar-refractivity contribution in [2.75, 3.05) is 13.8 Å². The summed E-state index contributed by atoms with van der Waals surface area (Å²) in [4.78, 5) is 1.86. The molecule has 2 nitrogen and oxygen atoms in total. The molecule has 0 saturated carbocycles. The molecule has 0 spiro atoms. The quantitative estimate of drug-likeness (QED) is 0.684. The average molecular weight is 165 g/mol. The van der Waals surface area contributed by atoms with Gasteiger partial charge >= 0.3 is 0 Å². The number of hydrogen-bond acceptors (Lipinski definition) is 2. The summed E-state index contributed by atoms with van der Waals surface area (Å²) in [6, 6.07) is 8.22. The second kappa shape index (κ2) is 4.24. The van der Waals surface area contributed by atoms with Gasteiger partial charge in [0.2, 0.25) is 0 Å². The smallest absolute Gasteiger partial charge is 0.0956 e. The first kappa shape index (κ1) is 9.23. The van der Waals surface area contributed by atoms with E-state index in [1.54, 1.807) is 0 Å². The zero-order chi connectivity index (χ0) is 8.97. The van der Waals surface area contributed by atoms with Crippen molar-refractivity contribution in [3.63, 3.8) is 0 Å². The summed E-state index contributed by atoms with van der Waals surface area (Å²) < 4.78 is 0. The van der Waals surface area contributed by atoms with Crippen molar-refractivity contribution >= 4 is 0 Å². The zero-order valence-electron chi connectivity index (χ0n) is 7.62. The molecule has 0 unspecified atom stereocenters. The summed E-state index contributed by atoms with van der Waals surface area (Å²) in [5.74, 6) is 0. The first-order chi connectivity index (χ1) is 5.74. The standard InChI is InChI=1S/C10H15NO/c1-9-5-3-4-6-10(9)7-11(2)8-12/h3-6,12H,7-8H2,1-2H3. The maximum absolute atomic E-state index is 8.81. The molecule has 1 aromatic rings. The zero-order valence-corrected chi connectivity index (χ0v) is 7.62. The molecule has 0 aliphatic heterocycles. The highest BCUT2D eigenvalue weighted by molar-refractivity contribution is 5.25. The van der Waals surface area contributed by atoms with E-state index in [0.29, 0.717) is 0 Å². The highest BCUT2D eigenvalue weighted by atomic mass is 16.3. The number of aliphatic hydroxyl groups is 1. The SMILES string of the molecule is Cc1ccccc1CN(C)CO. The molecule has 0 bridgehead atoms. The minimum absolute atomic E-state index is 0.105. The van der Waals surface area contributed by atoms with Crippen LogP contribution in [0.5, 0.6) is 0 Å². The molecular formula is C10H15NO. The fraction of sp³-hybridized carbons (Fsp3) is 0.400. The number of benzene rings is 1. The van der Waals surface area contributed by atoms with Gasteiger partial charge in [0.05, 0.1) is 6.73 Å². The molecule has 0 aromatic heterocycles. The van der Waals surface area contributed by atoms with Crippen molar-refractivity contribution < 1.29 is 5.11 Å². The monoisotopic (exact) mass is 165 g/mol. The van der Waals surface area contributed by atoms with Gasteiger partial charge in [-0.25, -0.2) is 0 Å². The lowest BCUT2D eigenvalue weighted by Gasteiger charge is -2.14. The van der Waals surface area contributed by atoms with Crippen molar-refractivity contribution in [3.05, 3.63) is 35.4 Å². The van der Waals surface area contributed by atoms with E-state index in [2.05, 4.69) is 19.1 Å². The minimum atomic E-state index is 0.105. The molecule has 1 aromatic carbocycles. The highest BCUT2D eigenvalue weighted by Gasteiger charge is 1.99. The molecule has 0 fully saturated rings. The van der Waals surface area contributed by atoms with Crippen molar-refractivity contribution in [2.45, 2.75) is 13.5 Å². The lowest BCUT2D eigenvalue weighted by atomic mass is 10.1. The van der Waals surface area contributed by atoms with Gasteiger partial charge in [0.25, 0.3) is 0 Å². The lowest BCUT2D eigenvalue weighted by Crippen LogP contribution is -2.18. The molecular weight excluding hydrogens is 150 g/mol. The van der Waals surface area contributed by atoms with E-state index in [1.807, 2.05) is 24.1 Å². The Kier molecular flexibility index (Phi) is 3.26. The van der Waals surface area contributed by atoms with E-state index in [1.165, 1.54) is 11.1 Å². The van der Waals surface area contributed by atoms with Gasteiger partial charge in [-0.3, -0.25) is 4.90 Å². The molecule has 2 heteroatoms. The fourth-order valence-corrected chi connectivity index (χ4v) is 1.13. The van der Waals surface area contributed by atoms with Crippen LogP contribution in [0, 0.1) is 6.92 Å². The Morgan fingerprint density at radius 2 is 2.00 bits per heavy atom. The van der Waals surface area contributed by atoms with Gasteiger partial charge in [-0.15, -0.1) is 0 Å². The second-order valence-corrected chi connectivity index (χ2v) is 3.08. The molecule has 0 heterocycles. The van der Waals surface area contributed by atoms with Crippen LogP contribution in [0.25, 0.3) is 0 Å². The Morgan fingerprint density at radius 3 is 2.58 bits per heavy atom. The molecule has 0 saturated heterocycles. The number of aryl methyl sites for hydroxylation is 1. The van der Waals surface area contributed by atoms with E-state index in [4.69, 9.17) is 5.11 Å². The first-order valence-electron chi connectivity index (χ1n) is 4.08. The third kappa shape index (κ3) is 2.32. The highest BCUT2D eigenvalue weighted by Crippen LogP contribution is 2.08. The van der Waals surface area contributed by atoms with Crippen molar-refractivity contribution in [2.24, 2.45) is 0 Å². The Balaban J connectivity index is 2.69. The van der Waals surface area contributed by atoms with Crippen LogP contribution in [-0.2, 0) is 6.54 Å². The van der Waals surface area contributed by atoms with Crippen LogP contribution in [0.1, 0.15) is 11.1 Å². The topological polar surface area (TPSA) is 23.5 Å². The Labute approximate surface area is 73.4 Å². The summed E-state index contributed by atoms with van der Waals surface area (Å²) >= 11 is 0. The number of rotatable bonds is 3. The summed E-state index contributed by atoms with van der Waals surface area (Å²) in [6.45, 7) is 3.00. The normalized spacial score (nSPS) is 10.7. The van der Waals surface area contributed by atoms with Crippen LogP contribution < -0.4 is 0 Å². The van der Waals surface area contributed by atoms with Crippen molar-refractivity contribution in [1.82, 2.24) is 4.90 Å². The van der Waals surface area contributed by atoms with Crippen LogP contribution in [0.15, 0.2) is 24.3 Å². The van der Waals surface area contributed by atoms with E-state index in [-0.39, 0.29) is 6.73 Å². The third-order valence-electron chi connectivity index (χ3n) is 1.94. The van der Waals surface area contributed by atoms with Crippen molar-refractivity contribution in [3.8, 4) is 0 Å². The fourth-order valence-electron chi connectivity index (χ4n) is 1.13. The van der Waals surface area contributed by atoms with Gasteiger partial charge in [0, 0.05) is 6.54 Å². The van der Waals surface area contributed by atoms with E-state index in [9.17, 15) is 0 Å². The molecule has 0 aliphatic carbocycles. The molecule has 0 aliphatic rings. The molecule has 66 valence electrons. The van der Waals surface area contributed by atoms with Gasteiger partial charge in [-0.1, -0.05) is 24.3 Å². The van der Waals surface area contributed by atoms with E-state index < -0.39 is 0 Å². The van der Waals surface area contributed by atoms with Crippen LogP contribution in [0.3, 0.4) is 0 Å². The largest absolute Gasteiger partial charge is 0.381 e. The van der Waals surface area contributed by atoms with Gasteiger partial charge in [-0.2, -0.15) is 0 Å². The lowest BCUT2D eigenvalue weighted by molar-refractivity contribution is 0.127. The van der Waals surface area contributed by atoms with Crippen LogP contribution in [-0.4, -0.2) is 23.8 Å². The predicted molar refractivity (Wildman–Crippen MR) is 49.7 cm³/mol.